The Morgan fingerprint density at radius 2 is 2.23 bits per heavy atom. The average Bonchev–Trinajstić information content (AvgIpc) is 2.82. The Morgan fingerprint density at radius 1 is 1.50 bits per heavy atom. The lowest BCUT2D eigenvalue weighted by Gasteiger charge is -2.10. The molecule has 1 atom stereocenters. The van der Waals surface area contributed by atoms with E-state index in [9.17, 15) is 14.7 Å². The van der Waals surface area contributed by atoms with Crippen LogP contribution in [0, 0.1) is 6.57 Å². The van der Waals surface area contributed by atoms with E-state index in [0.717, 1.165) is 11.3 Å². The SMILES string of the molecule is C#[N+]C1=CC=CC(c2sc(C(=O)O)c(OCC(=O)O)c2Cl)C1. The number of hydrogen-bond acceptors (Lipinski definition) is 4. The van der Waals surface area contributed by atoms with Crippen molar-refractivity contribution in [1.82, 2.24) is 0 Å². The van der Waals surface area contributed by atoms with E-state index in [1.165, 1.54) is 0 Å². The van der Waals surface area contributed by atoms with Crippen molar-refractivity contribution in [3.8, 4) is 12.3 Å². The van der Waals surface area contributed by atoms with Crippen LogP contribution in [-0.4, -0.2) is 28.8 Å². The van der Waals surface area contributed by atoms with Gasteiger partial charge in [-0.15, -0.1) is 11.3 Å². The fourth-order valence-electron chi connectivity index (χ4n) is 1.99. The molecule has 8 heteroatoms. The number of thiophene rings is 1. The van der Waals surface area contributed by atoms with Gasteiger partial charge in [-0.25, -0.2) is 9.59 Å². The first-order valence-electron chi connectivity index (χ1n) is 6.12. The first kappa shape index (κ1) is 16.1. The number of rotatable bonds is 5. The molecule has 0 saturated carbocycles. The molecule has 0 radical (unpaired) electrons. The van der Waals surface area contributed by atoms with E-state index in [4.69, 9.17) is 28.0 Å². The van der Waals surface area contributed by atoms with Crippen molar-refractivity contribution in [2.24, 2.45) is 0 Å². The van der Waals surface area contributed by atoms with Crippen LogP contribution in [0.3, 0.4) is 0 Å². The van der Waals surface area contributed by atoms with E-state index in [1.54, 1.807) is 12.2 Å². The summed E-state index contributed by atoms with van der Waals surface area (Å²) in [6, 6.07) is 0. The van der Waals surface area contributed by atoms with Gasteiger partial charge in [0.1, 0.15) is 0 Å². The Morgan fingerprint density at radius 3 is 2.82 bits per heavy atom. The molecule has 2 N–H and O–H groups in total. The number of carbonyl (C=O) groups is 2. The molecule has 1 aromatic heterocycles. The normalized spacial score (nSPS) is 16.7. The fraction of sp³-hybridized carbons (Fsp3) is 0.214. The average molecular weight is 341 g/mol. The van der Waals surface area contributed by atoms with Crippen LogP contribution in [0.4, 0.5) is 0 Å². The van der Waals surface area contributed by atoms with Gasteiger partial charge in [0.15, 0.2) is 17.2 Å². The molecule has 1 aromatic rings. The molecule has 1 aliphatic rings. The lowest BCUT2D eigenvalue weighted by Crippen LogP contribution is -2.11. The highest BCUT2D eigenvalue weighted by Gasteiger charge is 2.29. The Labute approximate surface area is 134 Å². The molecule has 114 valence electrons. The number of hydrogen-bond donors (Lipinski definition) is 2. The zero-order valence-electron chi connectivity index (χ0n) is 11.2. The predicted octanol–water partition coefficient (Wildman–Crippen LogP) is 3.45. The summed E-state index contributed by atoms with van der Waals surface area (Å²) in [5.74, 6) is -2.75. The van der Waals surface area contributed by atoms with Crippen LogP contribution in [0.15, 0.2) is 23.9 Å². The maximum absolute atomic E-state index is 11.3. The Bertz CT molecular complexity index is 728. The van der Waals surface area contributed by atoms with Crippen LogP contribution in [0.25, 0.3) is 4.85 Å². The second-order valence-electron chi connectivity index (χ2n) is 4.41. The topological polar surface area (TPSA) is 88.2 Å². The number of aliphatic carboxylic acids is 1. The Kier molecular flexibility index (Phi) is 4.85. The minimum Gasteiger partial charge on any atom is -0.479 e. The van der Waals surface area contributed by atoms with Gasteiger partial charge in [0.05, 0.1) is 11.4 Å². The number of aromatic carboxylic acids is 1. The molecule has 0 aromatic carbocycles. The lowest BCUT2D eigenvalue weighted by atomic mass is 9.97. The summed E-state index contributed by atoms with van der Waals surface area (Å²) in [4.78, 5) is 26.0. The number of halogens is 1. The predicted molar refractivity (Wildman–Crippen MR) is 82.3 cm³/mol. The smallest absolute Gasteiger partial charge is 0.349 e. The minimum absolute atomic E-state index is 0.108. The summed E-state index contributed by atoms with van der Waals surface area (Å²) < 4.78 is 5.03. The summed E-state index contributed by atoms with van der Waals surface area (Å²) in [5.41, 5.74) is 0.654. The molecule has 2 rings (SSSR count). The van der Waals surface area contributed by atoms with E-state index >= 15 is 0 Å². The quantitative estimate of drug-likeness (QED) is 0.857. The molecule has 0 saturated heterocycles. The zero-order valence-corrected chi connectivity index (χ0v) is 12.7. The highest BCUT2D eigenvalue weighted by molar-refractivity contribution is 7.15. The van der Waals surface area contributed by atoms with Crippen molar-refractivity contribution in [2.45, 2.75) is 12.3 Å². The third kappa shape index (κ3) is 3.30. The van der Waals surface area contributed by atoms with Gasteiger partial charge in [-0.05, 0) is 4.85 Å². The van der Waals surface area contributed by atoms with E-state index in [1.807, 2.05) is 6.08 Å². The van der Waals surface area contributed by atoms with Crippen molar-refractivity contribution in [3.63, 3.8) is 0 Å². The first-order valence-corrected chi connectivity index (χ1v) is 7.31. The third-order valence-electron chi connectivity index (χ3n) is 2.93. The van der Waals surface area contributed by atoms with Crippen molar-refractivity contribution in [3.05, 3.63) is 43.5 Å². The minimum atomic E-state index is -1.22. The molecule has 6 nitrogen and oxygen atoms in total. The standard InChI is InChI=1S/C14H10ClNO5S/c1-16-8-4-2-3-7(5-8)12-10(15)11(21-6-9(17)18)13(22-12)14(19)20/h1-4,7H,5-6H2,(H-,17,18,19,20)/p+1. The van der Waals surface area contributed by atoms with Crippen LogP contribution in [0.1, 0.15) is 26.9 Å². The first-order chi connectivity index (χ1) is 10.4. The van der Waals surface area contributed by atoms with Gasteiger partial charge in [-0.1, -0.05) is 23.8 Å². The van der Waals surface area contributed by atoms with Crippen LogP contribution >= 0.6 is 22.9 Å². The second kappa shape index (κ2) is 6.64. The van der Waals surface area contributed by atoms with Gasteiger partial charge in [0, 0.05) is 16.9 Å². The maximum atomic E-state index is 11.3. The molecule has 0 amide bonds. The third-order valence-corrected chi connectivity index (χ3v) is 4.71. The molecular weight excluding hydrogens is 330 g/mol. The van der Waals surface area contributed by atoms with Crippen molar-refractivity contribution < 1.29 is 24.5 Å². The van der Waals surface area contributed by atoms with Crippen LogP contribution in [0.5, 0.6) is 5.75 Å². The second-order valence-corrected chi connectivity index (χ2v) is 5.84. The number of nitrogens with zero attached hydrogens (tertiary/aromatic N) is 1. The number of carboxylic acids is 2. The van der Waals surface area contributed by atoms with Crippen LogP contribution < -0.4 is 4.74 Å². The largest absolute Gasteiger partial charge is 0.479 e. The Hall–Kier alpha value is -2.30. The summed E-state index contributed by atoms with van der Waals surface area (Å²) in [6.45, 7) is 4.59. The van der Waals surface area contributed by atoms with E-state index < -0.39 is 18.5 Å². The van der Waals surface area contributed by atoms with Gasteiger partial charge in [-0.3, -0.25) is 0 Å². The molecule has 1 aliphatic carbocycles. The van der Waals surface area contributed by atoms with E-state index in [2.05, 4.69) is 4.85 Å². The summed E-state index contributed by atoms with van der Waals surface area (Å²) >= 11 is 7.15. The van der Waals surface area contributed by atoms with Crippen molar-refractivity contribution in [1.29, 1.82) is 0 Å². The monoisotopic (exact) mass is 340 g/mol. The highest BCUT2D eigenvalue weighted by Crippen LogP contribution is 2.46. The highest BCUT2D eigenvalue weighted by atomic mass is 35.5. The van der Waals surface area contributed by atoms with Crippen LogP contribution in [-0.2, 0) is 4.79 Å². The molecule has 0 aliphatic heterocycles. The zero-order chi connectivity index (χ0) is 16.3. The van der Waals surface area contributed by atoms with Gasteiger partial charge in [-0.2, -0.15) is 0 Å². The van der Waals surface area contributed by atoms with Gasteiger partial charge < -0.3 is 14.9 Å². The molecular formula is C14H11ClNO5S+. The molecule has 1 unspecified atom stereocenters. The molecule has 0 fully saturated rings. The number of carboxylic acid groups (broad SMARTS) is 2. The maximum Gasteiger partial charge on any atom is 0.349 e. The van der Waals surface area contributed by atoms with E-state index in [0.29, 0.717) is 17.0 Å². The Balaban J connectivity index is 2.38. The summed E-state index contributed by atoms with van der Waals surface area (Å²) in [6.07, 6.45) is 5.83. The van der Waals surface area contributed by atoms with Gasteiger partial charge in [0.25, 0.3) is 6.57 Å². The van der Waals surface area contributed by atoms with Crippen LogP contribution in [0.2, 0.25) is 5.02 Å². The van der Waals surface area contributed by atoms with E-state index in [-0.39, 0.29) is 21.6 Å². The lowest BCUT2D eigenvalue weighted by molar-refractivity contribution is -0.139. The van der Waals surface area contributed by atoms with Crippen molar-refractivity contribution >= 4 is 34.9 Å². The molecule has 0 spiro atoms. The molecule has 22 heavy (non-hydrogen) atoms. The number of ether oxygens (including phenoxy) is 1. The summed E-state index contributed by atoms with van der Waals surface area (Å²) in [5, 5.41) is 18.0. The number of allylic oxidation sites excluding steroid dienone is 4. The molecule has 1 heterocycles. The fourth-order valence-corrected chi connectivity index (χ4v) is 3.51. The summed E-state index contributed by atoms with van der Waals surface area (Å²) in [7, 11) is 0. The van der Waals surface area contributed by atoms with Gasteiger partial charge in [0.2, 0.25) is 0 Å². The van der Waals surface area contributed by atoms with Crippen molar-refractivity contribution in [2.75, 3.05) is 6.61 Å². The van der Waals surface area contributed by atoms with Gasteiger partial charge >= 0.3 is 17.6 Å². The molecule has 0 bridgehead atoms.